The van der Waals surface area contributed by atoms with Gasteiger partial charge >= 0.3 is 0 Å². The van der Waals surface area contributed by atoms with Gasteiger partial charge in [-0.05, 0) is 18.2 Å². The van der Waals surface area contributed by atoms with Crippen LogP contribution in [0.4, 0.5) is 0 Å². The number of rotatable bonds is 1. The van der Waals surface area contributed by atoms with Crippen molar-refractivity contribution < 1.29 is 8.76 Å². The van der Waals surface area contributed by atoms with E-state index in [0.29, 0.717) is 21.1 Å². The highest BCUT2D eigenvalue weighted by molar-refractivity contribution is 7.79. The molecule has 4 nitrogen and oxygen atoms in total. The number of benzene rings is 1. The van der Waals surface area contributed by atoms with E-state index in [2.05, 4.69) is 9.97 Å². The van der Waals surface area contributed by atoms with E-state index < -0.39 is 11.1 Å². The van der Waals surface area contributed by atoms with Gasteiger partial charge in [0.2, 0.25) is 0 Å². The van der Waals surface area contributed by atoms with Crippen LogP contribution in [0.25, 0.3) is 11.0 Å². The van der Waals surface area contributed by atoms with Crippen LogP contribution in [0.5, 0.6) is 0 Å². The molecule has 0 amide bonds. The number of hydrogen-bond acceptors (Lipinski definition) is 3. The van der Waals surface area contributed by atoms with E-state index in [9.17, 15) is 4.21 Å². The number of hydrogen-bond donors (Lipinski definition) is 1. The van der Waals surface area contributed by atoms with Crippen LogP contribution < -0.4 is 0 Å². The van der Waals surface area contributed by atoms with Gasteiger partial charge in [-0.3, -0.25) is 4.98 Å². The van der Waals surface area contributed by atoms with Crippen LogP contribution in [-0.4, -0.2) is 18.7 Å². The maximum atomic E-state index is 10.7. The second-order valence-electron chi connectivity index (χ2n) is 2.59. The first kappa shape index (κ1) is 9.51. The van der Waals surface area contributed by atoms with Gasteiger partial charge < -0.3 is 4.55 Å². The Morgan fingerprint density at radius 2 is 2.14 bits per heavy atom. The lowest BCUT2D eigenvalue weighted by Crippen LogP contribution is -1.90. The van der Waals surface area contributed by atoms with E-state index in [1.807, 2.05) is 0 Å². The first-order chi connectivity index (χ1) is 6.66. The molecule has 0 saturated heterocycles. The van der Waals surface area contributed by atoms with Gasteiger partial charge in [0, 0.05) is 0 Å². The molecule has 0 aliphatic rings. The summed E-state index contributed by atoms with van der Waals surface area (Å²) in [4.78, 5) is 8.28. The van der Waals surface area contributed by atoms with E-state index in [1.54, 1.807) is 6.07 Å². The van der Waals surface area contributed by atoms with Crippen LogP contribution in [0, 0.1) is 0 Å². The monoisotopic (exact) mass is 228 g/mol. The molecule has 0 saturated carbocycles. The molecule has 1 heterocycles. The van der Waals surface area contributed by atoms with Crippen LogP contribution in [0.15, 0.2) is 29.3 Å². The highest BCUT2D eigenvalue weighted by atomic mass is 35.5. The first-order valence-electron chi connectivity index (χ1n) is 3.70. The molecule has 6 heteroatoms. The molecular weight excluding hydrogens is 224 g/mol. The largest absolute Gasteiger partial charge is 0.302 e. The number of nitrogens with zero attached hydrogens (tertiary/aromatic N) is 2. The smallest absolute Gasteiger partial charge is 0.186 e. The Kier molecular flexibility index (Phi) is 2.45. The third-order valence-electron chi connectivity index (χ3n) is 1.69. The van der Waals surface area contributed by atoms with E-state index in [-0.39, 0.29) is 0 Å². The highest BCUT2D eigenvalue weighted by Crippen LogP contribution is 2.15. The molecule has 2 rings (SSSR count). The van der Waals surface area contributed by atoms with Crippen molar-refractivity contribution in [3.05, 3.63) is 29.5 Å². The molecule has 0 aliphatic heterocycles. The zero-order valence-corrected chi connectivity index (χ0v) is 8.42. The quantitative estimate of drug-likeness (QED) is 0.757. The second-order valence-corrected chi connectivity index (χ2v) is 3.95. The lowest BCUT2D eigenvalue weighted by molar-refractivity contribution is 0.564. The lowest BCUT2D eigenvalue weighted by atomic mass is 10.3. The Morgan fingerprint density at radius 1 is 1.36 bits per heavy atom. The van der Waals surface area contributed by atoms with Crippen molar-refractivity contribution >= 4 is 33.7 Å². The van der Waals surface area contributed by atoms with Gasteiger partial charge in [0.15, 0.2) is 11.1 Å². The SMILES string of the molecule is O=S(O)c1ccc2nc(Cl)cnc2c1. The van der Waals surface area contributed by atoms with E-state index in [1.165, 1.54) is 18.3 Å². The van der Waals surface area contributed by atoms with E-state index in [0.717, 1.165) is 0 Å². The Labute approximate surface area is 87.2 Å². The summed E-state index contributed by atoms with van der Waals surface area (Å²) in [6.07, 6.45) is 1.40. The Morgan fingerprint density at radius 3 is 2.86 bits per heavy atom. The molecule has 0 bridgehead atoms. The van der Waals surface area contributed by atoms with Crippen molar-refractivity contribution in [2.45, 2.75) is 4.90 Å². The summed E-state index contributed by atoms with van der Waals surface area (Å²) in [5.41, 5.74) is 1.15. The number of fused-ring (bicyclic) bond motifs is 1. The summed E-state index contributed by atoms with van der Waals surface area (Å²) in [5, 5.41) is 0.301. The minimum Gasteiger partial charge on any atom is -0.302 e. The zero-order valence-electron chi connectivity index (χ0n) is 6.85. The summed E-state index contributed by atoms with van der Waals surface area (Å²) in [6.45, 7) is 0. The predicted octanol–water partition coefficient (Wildman–Crippen LogP) is 1.86. The second kappa shape index (κ2) is 3.61. The maximum absolute atomic E-state index is 10.7. The van der Waals surface area contributed by atoms with Gasteiger partial charge in [0.05, 0.1) is 22.1 Å². The van der Waals surface area contributed by atoms with Gasteiger partial charge in [0.1, 0.15) is 5.15 Å². The highest BCUT2D eigenvalue weighted by Gasteiger charge is 2.03. The minimum absolute atomic E-state index is 0.300. The number of halogens is 1. The van der Waals surface area contributed by atoms with Gasteiger partial charge in [-0.25, -0.2) is 9.19 Å². The fourth-order valence-electron chi connectivity index (χ4n) is 1.08. The summed E-state index contributed by atoms with van der Waals surface area (Å²) in [5.74, 6) is 0. The van der Waals surface area contributed by atoms with Gasteiger partial charge in [0.25, 0.3) is 0 Å². The Hall–Kier alpha value is -1.04. The molecule has 1 aromatic heterocycles. The summed E-state index contributed by atoms with van der Waals surface area (Å²) in [6, 6.07) is 4.63. The van der Waals surface area contributed by atoms with Gasteiger partial charge in [-0.15, -0.1) is 0 Å². The molecule has 1 unspecified atom stereocenters. The van der Waals surface area contributed by atoms with Crippen molar-refractivity contribution in [2.75, 3.05) is 0 Å². The average molecular weight is 229 g/mol. The van der Waals surface area contributed by atoms with Crippen molar-refractivity contribution in [1.29, 1.82) is 0 Å². The molecular formula is C8H5ClN2O2S. The fraction of sp³-hybridized carbons (Fsp3) is 0. The molecule has 14 heavy (non-hydrogen) atoms. The molecule has 1 atom stereocenters. The fourth-order valence-corrected chi connectivity index (χ4v) is 1.61. The minimum atomic E-state index is -1.99. The molecule has 1 aromatic carbocycles. The third-order valence-corrected chi connectivity index (χ3v) is 2.53. The van der Waals surface area contributed by atoms with Crippen molar-refractivity contribution in [1.82, 2.24) is 9.97 Å². The van der Waals surface area contributed by atoms with Crippen LogP contribution >= 0.6 is 11.6 Å². The summed E-state index contributed by atoms with van der Waals surface area (Å²) in [7, 11) is 0. The summed E-state index contributed by atoms with van der Waals surface area (Å²) >= 11 is 3.65. The zero-order chi connectivity index (χ0) is 10.1. The molecule has 72 valence electrons. The van der Waals surface area contributed by atoms with Crippen LogP contribution in [-0.2, 0) is 11.1 Å². The molecule has 0 aliphatic carbocycles. The molecule has 0 radical (unpaired) electrons. The molecule has 0 fully saturated rings. The van der Waals surface area contributed by atoms with E-state index in [4.69, 9.17) is 16.2 Å². The Bertz CT molecular complexity index is 518. The van der Waals surface area contributed by atoms with E-state index >= 15 is 0 Å². The molecule has 1 N–H and O–H groups in total. The third kappa shape index (κ3) is 1.75. The predicted molar refractivity (Wildman–Crippen MR) is 53.6 cm³/mol. The molecule has 2 aromatic rings. The summed E-state index contributed by atoms with van der Waals surface area (Å²) < 4.78 is 19.6. The Balaban J connectivity index is 2.67. The van der Waals surface area contributed by atoms with Crippen LogP contribution in [0.2, 0.25) is 5.15 Å². The standard InChI is InChI=1S/C8H5ClN2O2S/c9-8-4-10-7-3-5(14(12)13)1-2-6(7)11-8/h1-4H,(H,12,13). The van der Waals surface area contributed by atoms with Crippen LogP contribution in [0.3, 0.4) is 0 Å². The topological polar surface area (TPSA) is 63.1 Å². The average Bonchev–Trinajstić information content (AvgIpc) is 2.16. The van der Waals surface area contributed by atoms with Crippen molar-refractivity contribution in [3.8, 4) is 0 Å². The maximum Gasteiger partial charge on any atom is 0.186 e. The normalized spacial score (nSPS) is 13.0. The number of aromatic nitrogens is 2. The van der Waals surface area contributed by atoms with Gasteiger partial charge in [-0.1, -0.05) is 11.6 Å². The van der Waals surface area contributed by atoms with Crippen LogP contribution in [0.1, 0.15) is 0 Å². The lowest BCUT2D eigenvalue weighted by Gasteiger charge is -1.98. The van der Waals surface area contributed by atoms with Crippen molar-refractivity contribution in [2.24, 2.45) is 0 Å². The van der Waals surface area contributed by atoms with Gasteiger partial charge in [-0.2, -0.15) is 0 Å². The first-order valence-corrected chi connectivity index (χ1v) is 5.18. The van der Waals surface area contributed by atoms with Crippen molar-refractivity contribution in [3.63, 3.8) is 0 Å². The molecule has 0 spiro atoms.